The summed E-state index contributed by atoms with van der Waals surface area (Å²) < 4.78 is 10.1. The minimum Gasteiger partial charge on any atom is -0.497 e. The maximum Gasteiger partial charge on any atom is 0.417 e. The van der Waals surface area contributed by atoms with Gasteiger partial charge in [-0.3, -0.25) is 5.32 Å². The first-order valence-electron chi connectivity index (χ1n) is 5.56. The zero-order valence-electron chi connectivity index (χ0n) is 10.2. The highest BCUT2D eigenvalue weighted by molar-refractivity contribution is 6.32. The molecule has 0 fully saturated rings. The number of amides is 1. The number of methoxy groups -OCH3 is 1. The van der Waals surface area contributed by atoms with Gasteiger partial charge in [0.1, 0.15) is 5.75 Å². The third-order valence-electron chi connectivity index (χ3n) is 2.36. The van der Waals surface area contributed by atoms with Crippen LogP contribution in [0.3, 0.4) is 0 Å². The standard InChI is InChI=1S/C14H12ClNO3/c1-18-11-7-8-13(12(15)9-11)19-14(17)16-10-5-3-2-4-6-10/h2-9H,1H3,(H,16,17). The average Bonchev–Trinajstić information content (AvgIpc) is 2.42. The Morgan fingerprint density at radius 3 is 2.53 bits per heavy atom. The van der Waals surface area contributed by atoms with Crippen LogP contribution >= 0.6 is 11.6 Å². The quantitative estimate of drug-likeness (QED) is 0.924. The number of anilines is 1. The fourth-order valence-electron chi connectivity index (χ4n) is 1.46. The second kappa shape index (κ2) is 6.11. The second-order valence-electron chi connectivity index (χ2n) is 3.68. The van der Waals surface area contributed by atoms with Crippen molar-refractivity contribution in [1.29, 1.82) is 0 Å². The molecule has 0 aliphatic carbocycles. The normalized spacial score (nSPS) is 9.79. The average molecular weight is 278 g/mol. The van der Waals surface area contributed by atoms with Crippen LogP contribution in [0.2, 0.25) is 5.02 Å². The number of hydrogen-bond donors (Lipinski definition) is 1. The lowest BCUT2D eigenvalue weighted by Gasteiger charge is -2.08. The zero-order valence-corrected chi connectivity index (χ0v) is 11.0. The first kappa shape index (κ1) is 13.2. The van der Waals surface area contributed by atoms with Crippen LogP contribution in [0.5, 0.6) is 11.5 Å². The Morgan fingerprint density at radius 2 is 1.89 bits per heavy atom. The topological polar surface area (TPSA) is 47.6 Å². The van der Waals surface area contributed by atoms with Crippen LogP contribution in [0.4, 0.5) is 10.5 Å². The maximum atomic E-state index is 11.7. The molecule has 0 aromatic heterocycles. The monoisotopic (exact) mass is 277 g/mol. The molecule has 98 valence electrons. The first-order valence-corrected chi connectivity index (χ1v) is 5.94. The van der Waals surface area contributed by atoms with Crippen molar-refractivity contribution in [2.45, 2.75) is 0 Å². The molecular weight excluding hydrogens is 266 g/mol. The van der Waals surface area contributed by atoms with E-state index in [0.717, 1.165) is 0 Å². The van der Waals surface area contributed by atoms with Crippen LogP contribution in [0.15, 0.2) is 48.5 Å². The van der Waals surface area contributed by atoms with E-state index >= 15 is 0 Å². The van der Waals surface area contributed by atoms with Gasteiger partial charge in [0.2, 0.25) is 0 Å². The summed E-state index contributed by atoms with van der Waals surface area (Å²) in [5.41, 5.74) is 0.650. The lowest BCUT2D eigenvalue weighted by atomic mass is 10.3. The number of ether oxygens (including phenoxy) is 2. The van der Waals surface area contributed by atoms with Crippen LogP contribution in [0.1, 0.15) is 0 Å². The fraction of sp³-hybridized carbons (Fsp3) is 0.0714. The van der Waals surface area contributed by atoms with Crippen molar-refractivity contribution in [2.24, 2.45) is 0 Å². The molecule has 0 aliphatic heterocycles. The molecule has 2 aromatic carbocycles. The van der Waals surface area contributed by atoms with E-state index in [2.05, 4.69) is 5.32 Å². The molecule has 0 bridgehead atoms. The SMILES string of the molecule is COc1ccc(OC(=O)Nc2ccccc2)c(Cl)c1. The summed E-state index contributed by atoms with van der Waals surface area (Å²) in [5.74, 6) is 0.872. The summed E-state index contributed by atoms with van der Waals surface area (Å²) in [6.45, 7) is 0. The van der Waals surface area contributed by atoms with Crippen molar-refractivity contribution in [3.05, 3.63) is 53.6 Å². The van der Waals surface area contributed by atoms with Gasteiger partial charge in [0.05, 0.1) is 12.1 Å². The van der Waals surface area contributed by atoms with Gasteiger partial charge in [0.25, 0.3) is 0 Å². The molecule has 1 amide bonds. The third kappa shape index (κ3) is 3.63. The molecule has 1 N–H and O–H groups in total. The van der Waals surface area contributed by atoms with E-state index < -0.39 is 6.09 Å². The van der Waals surface area contributed by atoms with Crippen LogP contribution in [-0.2, 0) is 0 Å². The van der Waals surface area contributed by atoms with Crippen molar-refractivity contribution in [2.75, 3.05) is 12.4 Å². The molecule has 5 heteroatoms. The number of halogens is 1. The Hall–Kier alpha value is -2.20. The molecule has 0 atom stereocenters. The molecule has 19 heavy (non-hydrogen) atoms. The zero-order chi connectivity index (χ0) is 13.7. The summed E-state index contributed by atoms with van der Waals surface area (Å²) in [6, 6.07) is 13.8. The Bertz CT molecular complexity index is 572. The second-order valence-corrected chi connectivity index (χ2v) is 4.08. The molecule has 2 rings (SSSR count). The van der Waals surface area contributed by atoms with Crippen molar-refractivity contribution >= 4 is 23.4 Å². The van der Waals surface area contributed by atoms with Gasteiger partial charge in [-0.25, -0.2) is 4.79 Å². The van der Waals surface area contributed by atoms with Gasteiger partial charge in [0, 0.05) is 11.8 Å². The van der Waals surface area contributed by atoms with Crippen molar-refractivity contribution in [3.8, 4) is 11.5 Å². The molecule has 0 heterocycles. The molecule has 0 spiro atoms. The minimum absolute atomic E-state index is 0.274. The molecule has 0 unspecified atom stereocenters. The van der Waals surface area contributed by atoms with Crippen LogP contribution < -0.4 is 14.8 Å². The number of carbonyl (C=O) groups is 1. The van der Waals surface area contributed by atoms with Gasteiger partial charge in [0.15, 0.2) is 5.75 Å². The Balaban J connectivity index is 2.03. The van der Waals surface area contributed by atoms with Crippen molar-refractivity contribution in [3.63, 3.8) is 0 Å². The van der Waals surface area contributed by atoms with E-state index in [1.807, 2.05) is 18.2 Å². The van der Waals surface area contributed by atoms with E-state index in [-0.39, 0.29) is 5.75 Å². The van der Waals surface area contributed by atoms with Gasteiger partial charge >= 0.3 is 6.09 Å². The Labute approximate surface area is 115 Å². The Kier molecular flexibility index (Phi) is 4.26. The fourth-order valence-corrected chi connectivity index (χ4v) is 1.67. The van der Waals surface area contributed by atoms with Gasteiger partial charge in [-0.05, 0) is 24.3 Å². The predicted molar refractivity (Wildman–Crippen MR) is 74.1 cm³/mol. The third-order valence-corrected chi connectivity index (χ3v) is 2.66. The summed E-state index contributed by atoms with van der Waals surface area (Å²) in [4.78, 5) is 11.7. The van der Waals surface area contributed by atoms with E-state index in [4.69, 9.17) is 21.1 Å². The summed E-state index contributed by atoms with van der Waals surface area (Å²) in [7, 11) is 1.54. The van der Waals surface area contributed by atoms with Crippen LogP contribution in [0, 0.1) is 0 Å². The highest BCUT2D eigenvalue weighted by Gasteiger charge is 2.09. The molecule has 4 nitrogen and oxygen atoms in total. The highest BCUT2D eigenvalue weighted by Crippen LogP contribution is 2.28. The molecule has 0 saturated carbocycles. The van der Waals surface area contributed by atoms with Gasteiger partial charge < -0.3 is 9.47 Å². The van der Waals surface area contributed by atoms with Gasteiger partial charge in [-0.1, -0.05) is 29.8 Å². The lowest BCUT2D eigenvalue weighted by Crippen LogP contribution is -2.16. The number of hydrogen-bond acceptors (Lipinski definition) is 3. The number of para-hydroxylation sites is 1. The maximum absolute atomic E-state index is 11.7. The lowest BCUT2D eigenvalue weighted by molar-refractivity contribution is 0.215. The molecule has 0 radical (unpaired) electrons. The van der Waals surface area contributed by atoms with Gasteiger partial charge in [-0.15, -0.1) is 0 Å². The molecule has 0 aliphatic rings. The summed E-state index contributed by atoms with van der Waals surface area (Å²) >= 11 is 5.97. The van der Waals surface area contributed by atoms with E-state index in [9.17, 15) is 4.79 Å². The highest BCUT2D eigenvalue weighted by atomic mass is 35.5. The molecule has 2 aromatic rings. The van der Waals surface area contributed by atoms with E-state index in [1.165, 1.54) is 7.11 Å². The first-order chi connectivity index (χ1) is 9.19. The van der Waals surface area contributed by atoms with Crippen LogP contribution in [-0.4, -0.2) is 13.2 Å². The number of carbonyl (C=O) groups excluding carboxylic acids is 1. The number of benzene rings is 2. The molecule has 0 saturated heterocycles. The summed E-state index contributed by atoms with van der Waals surface area (Å²) in [6.07, 6.45) is -0.599. The van der Waals surface area contributed by atoms with Crippen molar-refractivity contribution < 1.29 is 14.3 Å². The van der Waals surface area contributed by atoms with Gasteiger partial charge in [-0.2, -0.15) is 0 Å². The number of nitrogens with one attached hydrogen (secondary N) is 1. The van der Waals surface area contributed by atoms with Crippen LogP contribution in [0.25, 0.3) is 0 Å². The Morgan fingerprint density at radius 1 is 1.16 bits per heavy atom. The summed E-state index contributed by atoms with van der Waals surface area (Å²) in [5, 5.41) is 2.90. The van der Waals surface area contributed by atoms with E-state index in [1.54, 1.807) is 30.3 Å². The largest absolute Gasteiger partial charge is 0.497 e. The minimum atomic E-state index is -0.599. The predicted octanol–water partition coefficient (Wildman–Crippen LogP) is 3.96. The number of rotatable bonds is 3. The van der Waals surface area contributed by atoms with E-state index in [0.29, 0.717) is 16.5 Å². The molecular formula is C14H12ClNO3. The van der Waals surface area contributed by atoms with Crippen molar-refractivity contribution in [1.82, 2.24) is 0 Å². The smallest absolute Gasteiger partial charge is 0.417 e.